The highest BCUT2D eigenvalue weighted by atomic mass is 32.1. The second-order valence-electron chi connectivity index (χ2n) is 3.64. The standard InChI is InChI=1S/C11H12N4O2S/c1-2-9(10-4-3-5-18-10)14-11-12-6-8(7-13-11)15(16)17/h3-7,9H,2H2,1H3,(H,12,13,14). The van der Waals surface area contributed by atoms with Crippen LogP contribution in [-0.4, -0.2) is 14.9 Å². The molecular formula is C11H12N4O2S. The summed E-state index contributed by atoms with van der Waals surface area (Å²) in [5, 5.41) is 15.7. The van der Waals surface area contributed by atoms with E-state index in [2.05, 4.69) is 22.2 Å². The molecule has 0 saturated carbocycles. The Morgan fingerprint density at radius 1 is 1.50 bits per heavy atom. The van der Waals surface area contributed by atoms with Gasteiger partial charge in [-0.2, -0.15) is 0 Å². The Balaban J connectivity index is 2.10. The first-order valence-corrected chi connectivity index (χ1v) is 6.35. The first-order chi connectivity index (χ1) is 8.70. The monoisotopic (exact) mass is 264 g/mol. The summed E-state index contributed by atoms with van der Waals surface area (Å²) in [6.45, 7) is 2.06. The van der Waals surface area contributed by atoms with Crippen molar-refractivity contribution >= 4 is 23.0 Å². The molecular weight excluding hydrogens is 252 g/mol. The van der Waals surface area contributed by atoms with Crippen molar-refractivity contribution in [2.45, 2.75) is 19.4 Å². The van der Waals surface area contributed by atoms with Gasteiger partial charge >= 0.3 is 5.69 Å². The van der Waals surface area contributed by atoms with Crippen LogP contribution >= 0.6 is 11.3 Å². The Hall–Kier alpha value is -2.02. The van der Waals surface area contributed by atoms with Crippen molar-refractivity contribution < 1.29 is 4.92 Å². The molecule has 0 bridgehead atoms. The minimum absolute atomic E-state index is 0.107. The molecule has 0 amide bonds. The van der Waals surface area contributed by atoms with E-state index in [0.717, 1.165) is 6.42 Å². The second kappa shape index (κ2) is 5.54. The molecule has 6 nitrogen and oxygen atoms in total. The summed E-state index contributed by atoms with van der Waals surface area (Å²) in [5.41, 5.74) is -0.107. The molecule has 0 aliphatic carbocycles. The van der Waals surface area contributed by atoms with Crippen LogP contribution in [0.4, 0.5) is 11.6 Å². The molecule has 0 aliphatic heterocycles. The van der Waals surface area contributed by atoms with E-state index in [1.807, 2.05) is 17.5 Å². The summed E-state index contributed by atoms with van der Waals surface area (Å²) in [5.74, 6) is 0.404. The number of thiophene rings is 1. The first kappa shape index (κ1) is 12.4. The average Bonchev–Trinajstić information content (AvgIpc) is 2.90. The number of nitrogens with one attached hydrogen (secondary N) is 1. The van der Waals surface area contributed by atoms with Crippen LogP contribution in [0, 0.1) is 10.1 Å². The van der Waals surface area contributed by atoms with E-state index in [9.17, 15) is 10.1 Å². The van der Waals surface area contributed by atoms with Gasteiger partial charge in [0.1, 0.15) is 12.4 Å². The topological polar surface area (TPSA) is 81.0 Å². The molecule has 7 heteroatoms. The summed E-state index contributed by atoms with van der Waals surface area (Å²) in [6.07, 6.45) is 3.30. The molecule has 2 aromatic heterocycles. The maximum atomic E-state index is 10.5. The van der Waals surface area contributed by atoms with Crippen molar-refractivity contribution in [1.29, 1.82) is 0 Å². The zero-order valence-electron chi connectivity index (χ0n) is 9.74. The van der Waals surface area contributed by atoms with E-state index < -0.39 is 4.92 Å². The highest BCUT2D eigenvalue weighted by Gasteiger charge is 2.12. The molecule has 1 atom stereocenters. The number of aromatic nitrogens is 2. The summed E-state index contributed by atoms with van der Waals surface area (Å²) in [4.78, 5) is 19.0. The fourth-order valence-corrected chi connectivity index (χ4v) is 2.37. The summed E-state index contributed by atoms with van der Waals surface area (Å²) < 4.78 is 0. The lowest BCUT2D eigenvalue weighted by molar-refractivity contribution is -0.385. The Kier molecular flexibility index (Phi) is 3.83. The lowest BCUT2D eigenvalue weighted by Crippen LogP contribution is -2.10. The molecule has 1 unspecified atom stereocenters. The van der Waals surface area contributed by atoms with Gasteiger partial charge in [0.2, 0.25) is 5.95 Å². The van der Waals surface area contributed by atoms with Gasteiger partial charge in [-0.3, -0.25) is 10.1 Å². The van der Waals surface area contributed by atoms with Crippen LogP contribution in [-0.2, 0) is 0 Å². The summed E-state index contributed by atoms with van der Waals surface area (Å²) >= 11 is 1.66. The molecule has 0 radical (unpaired) electrons. The number of anilines is 1. The van der Waals surface area contributed by atoms with Crippen molar-refractivity contribution in [3.05, 3.63) is 44.9 Å². The average molecular weight is 264 g/mol. The molecule has 0 aliphatic rings. The van der Waals surface area contributed by atoms with E-state index in [0.29, 0.717) is 5.95 Å². The maximum absolute atomic E-state index is 10.5. The van der Waals surface area contributed by atoms with Gasteiger partial charge in [0.25, 0.3) is 0 Å². The SMILES string of the molecule is CCC(Nc1ncc([N+](=O)[O-])cn1)c1cccs1. The Bertz CT molecular complexity index is 512. The van der Waals surface area contributed by atoms with Crippen LogP contribution < -0.4 is 5.32 Å². The highest BCUT2D eigenvalue weighted by molar-refractivity contribution is 7.10. The molecule has 18 heavy (non-hydrogen) atoms. The highest BCUT2D eigenvalue weighted by Crippen LogP contribution is 2.24. The van der Waals surface area contributed by atoms with Gasteiger partial charge in [0.05, 0.1) is 11.0 Å². The third kappa shape index (κ3) is 2.80. The van der Waals surface area contributed by atoms with Crippen molar-refractivity contribution in [3.8, 4) is 0 Å². The van der Waals surface area contributed by atoms with Crippen LogP contribution in [0.5, 0.6) is 0 Å². The maximum Gasteiger partial charge on any atom is 0.305 e. The molecule has 0 fully saturated rings. The van der Waals surface area contributed by atoms with Crippen molar-refractivity contribution in [2.24, 2.45) is 0 Å². The molecule has 2 heterocycles. The van der Waals surface area contributed by atoms with Gasteiger partial charge in [-0.05, 0) is 17.9 Å². The van der Waals surface area contributed by atoms with Gasteiger partial charge in [-0.25, -0.2) is 9.97 Å². The van der Waals surface area contributed by atoms with Crippen molar-refractivity contribution in [2.75, 3.05) is 5.32 Å². The molecule has 0 spiro atoms. The molecule has 2 aromatic rings. The van der Waals surface area contributed by atoms with Gasteiger partial charge in [-0.1, -0.05) is 13.0 Å². The van der Waals surface area contributed by atoms with Gasteiger partial charge in [-0.15, -0.1) is 11.3 Å². The van der Waals surface area contributed by atoms with Crippen molar-refractivity contribution in [3.63, 3.8) is 0 Å². The normalized spacial score (nSPS) is 12.1. The van der Waals surface area contributed by atoms with Crippen LogP contribution in [0.2, 0.25) is 0 Å². The van der Waals surface area contributed by atoms with Gasteiger partial charge in [0, 0.05) is 4.88 Å². The van der Waals surface area contributed by atoms with Gasteiger partial charge < -0.3 is 5.32 Å². The molecule has 94 valence electrons. The lowest BCUT2D eigenvalue weighted by atomic mass is 10.2. The van der Waals surface area contributed by atoms with Crippen LogP contribution in [0.1, 0.15) is 24.3 Å². The Morgan fingerprint density at radius 3 is 2.72 bits per heavy atom. The summed E-state index contributed by atoms with van der Waals surface area (Å²) in [7, 11) is 0. The van der Waals surface area contributed by atoms with E-state index in [4.69, 9.17) is 0 Å². The number of rotatable bonds is 5. The van der Waals surface area contributed by atoms with E-state index in [1.165, 1.54) is 17.3 Å². The number of hydrogen-bond acceptors (Lipinski definition) is 6. The Labute approximate surface area is 108 Å². The third-order valence-electron chi connectivity index (χ3n) is 2.45. The fourth-order valence-electron chi connectivity index (χ4n) is 1.51. The van der Waals surface area contributed by atoms with Crippen molar-refractivity contribution in [1.82, 2.24) is 9.97 Å². The fraction of sp³-hybridized carbons (Fsp3) is 0.273. The largest absolute Gasteiger partial charge is 0.347 e. The smallest absolute Gasteiger partial charge is 0.305 e. The van der Waals surface area contributed by atoms with Crippen LogP contribution in [0.3, 0.4) is 0 Å². The predicted octanol–water partition coefficient (Wildman–Crippen LogP) is 3.01. The van der Waals surface area contributed by atoms with Gasteiger partial charge in [0.15, 0.2) is 0 Å². The zero-order valence-corrected chi connectivity index (χ0v) is 10.6. The molecule has 0 saturated heterocycles. The zero-order chi connectivity index (χ0) is 13.0. The Morgan fingerprint density at radius 2 is 2.22 bits per heavy atom. The molecule has 2 rings (SSSR count). The first-order valence-electron chi connectivity index (χ1n) is 5.47. The van der Waals surface area contributed by atoms with E-state index in [-0.39, 0.29) is 11.7 Å². The quantitative estimate of drug-likeness (QED) is 0.663. The summed E-state index contributed by atoms with van der Waals surface area (Å²) in [6, 6.07) is 4.16. The van der Waals surface area contributed by atoms with E-state index >= 15 is 0 Å². The minimum atomic E-state index is -0.514. The van der Waals surface area contributed by atoms with Crippen LogP contribution in [0.25, 0.3) is 0 Å². The second-order valence-corrected chi connectivity index (χ2v) is 4.62. The predicted molar refractivity (Wildman–Crippen MR) is 69.7 cm³/mol. The molecule has 1 N–H and O–H groups in total. The minimum Gasteiger partial charge on any atom is -0.347 e. The number of nitro groups is 1. The molecule has 0 aromatic carbocycles. The lowest BCUT2D eigenvalue weighted by Gasteiger charge is -2.14. The number of hydrogen-bond donors (Lipinski definition) is 1. The number of nitrogens with zero attached hydrogens (tertiary/aromatic N) is 3. The van der Waals surface area contributed by atoms with E-state index in [1.54, 1.807) is 11.3 Å². The van der Waals surface area contributed by atoms with Crippen LogP contribution in [0.15, 0.2) is 29.9 Å². The third-order valence-corrected chi connectivity index (χ3v) is 3.43.